The molecule has 0 bridgehead atoms. The molecule has 3 amide bonds. The topological polar surface area (TPSA) is 58.2 Å². The van der Waals surface area contributed by atoms with Gasteiger partial charge in [0.2, 0.25) is 5.91 Å². The van der Waals surface area contributed by atoms with Crippen molar-refractivity contribution >= 4 is 23.5 Å². The van der Waals surface area contributed by atoms with Gasteiger partial charge in [-0.25, -0.2) is 9.18 Å². The Balaban J connectivity index is 2.33. The van der Waals surface area contributed by atoms with Crippen LogP contribution in [0.5, 0.6) is 0 Å². The van der Waals surface area contributed by atoms with Crippen molar-refractivity contribution in [2.75, 3.05) is 5.88 Å². The van der Waals surface area contributed by atoms with E-state index in [2.05, 4.69) is 10.6 Å². The summed E-state index contributed by atoms with van der Waals surface area (Å²) in [5.41, 5.74) is 0.742. The van der Waals surface area contributed by atoms with E-state index in [0.717, 1.165) is 5.56 Å². The molecule has 2 N–H and O–H groups in total. The summed E-state index contributed by atoms with van der Waals surface area (Å²) in [7, 11) is 0. The summed E-state index contributed by atoms with van der Waals surface area (Å²) >= 11 is 5.34. The maximum Gasteiger partial charge on any atom is 0.321 e. The third-order valence-electron chi connectivity index (χ3n) is 1.94. The Hall–Kier alpha value is -1.62. The number of urea groups is 1. The van der Waals surface area contributed by atoms with E-state index < -0.39 is 11.9 Å². The van der Waals surface area contributed by atoms with Gasteiger partial charge in [0.05, 0.1) is 0 Å². The number of carbonyl (C=O) groups is 2. The van der Waals surface area contributed by atoms with Crippen LogP contribution in [0.1, 0.15) is 12.0 Å². The number of amides is 3. The molecule has 4 nitrogen and oxygen atoms in total. The third kappa shape index (κ3) is 5.31. The van der Waals surface area contributed by atoms with Crippen molar-refractivity contribution in [1.29, 1.82) is 0 Å². The molecule has 6 heteroatoms. The van der Waals surface area contributed by atoms with Gasteiger partial charge in [-0.05, 0) is 17.7 Å². The zero-order valence-corrected chi connectivity index (χ0v) is 9.76. The summed E-state index contributed by atoms with van der Waals surface area (Å²) in [5.74, 6) is -0.607. The first-order chi connectivity index (χ1) is 8.11. The molecule has 92 valence electrons. The van der Waals surface area contributed by atoms with Crippen LogP contribution < -0.4 is 10.6 Å². The highest BCUT2D eigenvalue weighted by molar-refractivity contribution is 6.19. The number of imide groups is 1. The lowest BCUT2D eigenvalue weighted by atomic mass is 10.2. The maximum atomic E-state index is 12.6. The summed E-state index contributed by atoms with van der Waals surface area (Å²) in [6, 6.07) is 5.11. The normalized spacial score (nSPS) is 9.76. The highest BCUT2D eigenvalue weighted by atomic mass is 35.5. The van der Waals surface area contributed by atoms with Gasteiger partial charge in [-0.2, -0.15) is 0 Å². The summed E-state index contributed by atoms with van der Waals surface area (Å²) < 4.78 is 12.6. The lowest BCUT2D eigenvalue weighted by Crippen LogP contribution is -2.39. The van der Waals surface area contributed by atoms with Crippen LogP contribution in [-0.4, -0.2) is 17.8 Å². The van der Waals surface area contributed by atoms with E-state index in [1.54, 1.807) is 12.1 Å². The molecule has 0 fully saturated rings. The lowest BCUT2D eigenvalue weighted by Gasteiger charge is -2.06. The van der Waals surface area contributed by atoms with E-state index in [-0.39, 0.29) is 24.7 Å². The van der Waals surface area contributed by atoms with E-state index in [4.69, 9.17) is 11.6 Å². The molecule has 1 aromatic rings. The molecule has 17 heavy (non-hydrogen) atoms. The molecule has 0 aromatic heterocycles. The number of alkyl halides is 1. The van der Waals surface area contributed by atoms with Gasteiger partial charge in [0.15, 0.2) is 0 Å². The standard InChI is InChI=1S/C11H12ClFN2O2/c12-6-5-10(16)15-11(17)14-7-8-1-3-9(13)4-2-8/h1-4H,5-7H2,(H2,14,15,16,17). The number of carbonyl (C=O) groups excluding carboxylic acids is 2. The second kappa shape index (κ2) is 6.85. The van der Waals surface area contributed by atoms with E-state index >= 15 is 0 Å². The predicted molar refractivity (Wildman–Crippen MR) is 62.1 cm³/mol. The van der Waals surface area contributed by atoms with Crippen LogP contribution in [0, 0.1) is 5.82 Å². The van der Waals surface area contributed by atoms with Crippen LogP contribution >= 0.6 is 11.6 Å². The van der Waals surface area contributed by atoms with E-state index in [1.807, 2.05) is 0 Å². The van der Waals surface area contributed by atoms with Crippen molar-refractivity contribution in [3.63, 3.8) is 0 Å². The molecule has 0 heterocycles. The molecule has 0 atom stereocenters. The fourth-order valence-corrected chi connectivity index (χ4v) is 1.28. The fourth-order valence-electron chi connectivity index (χ4n) is 1.10. The van der Waals surface area contributed by atoms with Gasteiger partial charge >= 0.3 is 6.03 Å². The van der Waals surface area contributed by atoms with Crippen LogP contribution in [0.2, 0.25) is 0 Å². The average molecular weight is 259 g/mol. The van der Waals surface area contributed by atoms with Crippen molar-refractivity contribution in [3.05, 3.63) is 35.6 Å². The minimum Gasteiger partial charge on any atom is -0.334 e. The van der Waals surface area contributed by atoms with Crippen molar-refractivity contribution in [2.24, 2.45) is 0 Å². The van der Waals surface area contributed by atoms with Crippen molar-refractivity contribution in [2.45, 2.75) is 13.0 Å². The second-order valence-electron chi connectivity index (χ2n) is 3.30. The molecule has 0 saturated carbocycles. The second-order valence-corrected chi connectivity index (χ2v) is 3.67. The third-order valence-corrected chi connectivity index (χ3v) is 2.13. The Morgan fingerprint density at radius 3 is 2.47 bits per heavy atom. The van der Waals surface area contributed by atoms with Crippen LogP contribution in [-0.2, 0) is 11.3 Å². The molecule has 0 aliphatic rings. The van der Waals surface area contributed by atoms with Gasteiger partial charge in [-0.3, -0.25) is 10.1 Å². The minimum atomic E-state index is -0.593. The number of halogens is 2. The Morgan fingerprint density at radius 2 is 1.88 bits per heavy atom. The predicted octanol–water partition coefficient (Wildman–Crippen LogP) is 1.78. The Morgan fingerprint density at radius 1 is 1.24 bits per heavy atom. The molecule has 0 saturated heterocycles. The number of hydrogen-bond donors (Lipinski definition) is 2. The van der Waals surface area contributed by atoms with Crippen LogP contribution in [0.15, 0.2) is 24.3 Å². The molecule has 0 spiro atoms. The number of rotatable bonds is 4. The van der Waals surface area contributed by atoms with Gasteiger partial charge in [0.1, 0.15) is 5.82 Å². The van der Waals surface area contributed by atoms with Crippen molar-refractivity contribution in [3.8, 4) is 0 Å². The molecule has 0 aliphatic carbocycles. The maximum absolute atomic E-state index is 12.6. The molecular weight excluding hydrogens is 247 g/mol. The largest absolute Gasteiger partial charge is 0.334 e. The van der Waals surface area contributed by atoms with Gasteiger partial charge < -0.3 is 5.32 Å². The average Bonchev–Trinajstić information content (AvgIpc) is 2.28. The Kier molecular flexibility index (Phi) is 5.42. The molecule has 0 unspecified atom stereocenters. The molecule has 1 rings (SSSR count). The van der Waals surface area contributed by atoms with Crippen molar-refractivity contribution in [1.82, 2.24) is 10.6 Å². The van der Waals surface area contributed by atoms with Crippen LogP contribution in [0.25, 0.3) is 0 Å². The highest BCUT2D eigenvalue weighted by Gasteiger charge is 2.06. The zero-order valence-electron chi connectivity index (χ0n) is 9.00. The minimum absolute atomic E-state index is 0.0888. The lowest BCUT2D eigenvalue weighted by molar-refractivity contribution is -0.119. The van der Waals surface area contributed by atoms with Crippen LogP contribution in [0.3, 0.4) is 0 Å². The highest BCUT2D eigenvalue weighted by Crippen LogP contribution is 2.01. The van der Waals surface area contributed by atoms with Gasteiger partial charge in [0, 0.05) is 18.8 Å². The SMILES string of the molecule is O=C(CCCl)NC(=O)NCc1ccc(F)cc1. The summed E-state index contributed by atoms with van der Waals surface area (Å²) in [4.78, 5) is 22.2. The summed E-state index contributed by atoms with van der Waals surface area (Å²) in [5, 5.41) is 4.59. The zero-order chi connectivity index (χ0) is 12.7. The summed E-state index contributed by atoms with van der Waals surface area (Å²) in [6.07, 6.45) is 0.0888. The van der Waals surface area contributed by atoms with Gasteiger partial charge in [-0.15, -0.1) is 11.6 Å². The first-order valence-electron chi connectivity index (χ1n) is 5.00. The number of nitrogens with one attached hydrogen (secondary N) is 2. The van der Waals surface area contributed by atoms with E-state index in [0.29, 0.717) is 0 Å². The number of benzene rings is 1. The van der Waals surface area contributed by atoms with E-state index in [9.17, 15) is 14.0 Å². The first-order valence-corrected chi connectivity index (χ1v) is 5.53. The Bertz CT molecular complexity index is 395. The number of hydrogen-bond acceptors (Lipinski definition) is 2. The van der Waals surface area contributed by atoms with E-state index in [1.165, 1.54) is 12.1 Å². The van der Waals surface area contributed by atoms with Crippen LogP contribution in [0.4, 0.5) is 9.18 Å². The molecule has 0 aliphatic heterocycles. The smallest absolute Gasteiger partial charge is 0.321 e. The fraction of sp³-hybridized carbons (Fsp3) is 0.273. The molecule has 1 aromatic carbocycles. The molecule has 0 radical (unpaired) electrons. The molecular formula is C11H12ClFN2O2. The summed E-state index contributed by atoms with van der Waals surface area (Å²) in [6.45, 7) is 0.222. The Labute approximate surface area is 103 Å². The van der Waals surface area contributed by atoms with Gasteiger partial charge in [-0.1, -0.05) is 12.1 Å². The van der Waals surface area contributed by atoms with Gasteiger partial charge in [0.25, 0.3) is 0 Å². The first kappa shape index (κ1) is 13.4. The quantitative estimate of drug-likeness (QED) is 0.809. The van der Waals surface area contributed by atoms with Crippen molar-refractivity contribution < 1.29 is 14.0 Å². The monoisotopic (exact) mass is 258 g/mol.